The molecule has 1 aliphatic rings. The Morgan fingerprint density at radius 1 is 0.397 bits per heavy atom. The summed E-state index contributed by atoms with van der Waals surface area (Å²) in [5.41, 5.74) is 12.1. The smallest absolute Gasteiger partial charge is 0.0779 e. The molecule has 0 amide bonds. The van der Waals surface area contributed by atoms with Crippen LogP contribution in [0.1, 0.15) is 5.56 Å². The third kappa shape index (κ3) is 4.28. The Balaban J connectivity index is 1.16. The molecular formula is C55H35N3. The Morgan fingerprint density at radius 3 is 1.72 bits per heavy atom. The maximum Gasteiger partial charge on any atom is 0.0779 e. The number of allylic oxidation sites excluding steroid dienone is 2. The maximum absolute atomic E-state index is 2.55. The van der Waals surface area contributed by atoms with E-state index in [9.17, 15) is 0 Å². The van der Waals surface area contributed by atoms with Crippen LogP contribution in [0.15, 0.2) is 194 Å². The average molecular weight is 738 g/mol. The number of aromatic nitrogens is 2. The Bertz CT molecular complexity index is 3740. The molecule has 270 valence electrons. The number of anilines is 3. The fraction of sp³-hybridized carbons (Fsp3) is 0.0182. The summed E-state index contributed by atoms with van der Waals surface area (Å²) in [5, 5.41) is 14.0. The van der Waals surface area contributed by atoms with Crippen LogP contribution in [0.25, 0.3) is 93.2 Å². The van der Waals surface area contributed by atoms with Crippen LogP contribution in [0.4, 0.5) is 17.1 Å². The van der Waals surface area contributed by atoms with E-state index in [4.69, 9.17) is 0 Å². The number of rotatable bonds is 4. The fourth-order valence-electron chi connectivity index (χ4n) is 10.3. The quantitative estimate of drug-likeness (QED) is 0.164. The van der Waals surface area contributed by atoms with Gasteiger partial charge in [0.1, 0.15) is 0 Å². The summed E-state index contributed by atoms with van der Waals surface area (Å²) in [6.45, 7) is 0. The van der Waals surface area contributed by atoms with E-state index >= 15 is 0 Å². The highest BCUT2D eigenvalue weighted by Gasteiger charge is 2.25. The molecule has 0 N–H and O–H groups in total. The predicted octanol–water partition coefficient (Wildman–Crippen LogP) is 13.9. The highest BCUT2D eigenvalue weighted by molar-refractivity contribution is 6.26. The third-order valence-electron chi connectivity index (χ3n) is 12.6. The van der Waals surface area contributed by atoms with Crippen molar-refractivity contribution in [3.8, 4) is 5.69 Å². The first-order valence-corrected chi connectivity index (χ1v) is 20.2. The molecule has 3 nitrogen and oxygen atoms in total. The molecule has 0 atom stereocenters. The van der Waals surface area contributed by atoms with Crippen LogP contribution in [0, 0.1) is 0 Å². The van der Waals surface area contributed by atoms with Gasteiger partial charge in [-0.25, -0.2) is 0 Å². The van der Waals surface area contributed by atoms with Gasteiger partial charge in [-0.2, -0.15) is 0 Å². The van der Waals surface area contributed by atoms with Crippen LogP contribution in [0.2, 0.25) is 0 Å². The van der Waals surface area contributed by atoms with Gasteiger partial charge in [-0.15, -0.1) is 0 Å². The summed E-state index contributed by atoms with van der Waals surface area (Å²) in [4.78, 5) is 2.52. The molecule has 13 rings (SSSR count). The van der Waals surface area contributed by atoms with Gasteiger partial charge >= 0.3 is 0 Å². The number of hydrogen-bond donors (Lipinski definition) is 0. The van der Waals surface area contributed by atoms with E-state index < -0.39 is 0 Å². The predicted molar refractivity (Wildman–Crippen MR) is 246 cm³/mol. The normalized spacial score (nSPS) is 12.8. The minimum Gasteiger partial charge on any atom is -0.309 e. The molecule has 12 aromatic rings. The Labute approximate surface area is 334 Å². The molecule has 9 aromatic carbocycles. The summed E-state index contributed by atoms with van der Waals surface area (Å²) in [7, 11) is 0. The lowest BCUT2D eigenvalue weighted by atomic mass is 9.94. The molecule has 0 radical (unpaired) electrons. The summed E-state index contributed by atoms with van der Waals surface area (Å²) < 4.78 is 4.95. The molecule has 0 fully saturated rings. The van der Waals surface area contributed by atoms with Gasteiger partial charge in [0, 0.05) is 43.8 Å². The van der Waals surface area contributed by atoms with Crippen LogP contribution in [-0.2, 0) is 6.42 Å². The van der Waals surface area contributed by atoms with Crippen molar-refractivity contribution in [2.45, 2.75) is 6.42 Å². The van der Waals surface area contributed by atoms with E-state index in [1.165, 1.54) is 92.2 Å². The Morgan fingerprint density at radius 2 is 0.966 bits per heavy atom. The molecule has 3 aromatic heterocycles. The monoisotopic (exact) mass is 737 g/mol. The van der Waals surface area contributed by atoms with E-state index in [0.29, 0.717) is 0 Å². The van der Waals surface area contributed by atoms with E-state index in [1.54, 1.807) is 0 Å². The minimum atomic E-state index is 0.885. The van der Waals surface area contributed by atoms with Gasteiger partial charge in [0.05, 0.1) is 33.3 Å². The minimum absolute atomic E-state index is 0.885. The average Bonchev–Trinajstić information content (AvgIpc) is 3.84. The molecule has 0 unspecified atom stereocenters. The number of nitrogens with zero attached hydrogens (tertiary/aromatic N) is 3. The number of benzene rings is 9. The highest BCUT2D eigenvalue weighted by Crippen LogP contribution is 2.46. The molecule has 0 saturated carbocycles. The van der Waals surface area contributed by atoms with E-state index in [-0.39, 0.29) is 0 Å². The number of hydrogen-bond acceptors (Lipinski definition) is 1. The Kier molecular flexibility index (Phi) is 6.50. The topological polar surface area (TPSA) is 12.6 Å². The lowest BCUT2D eigenvalue weighted by molar-refractivity contribution is 1.18. The largest absolute Gasteiger partial charge is 0.309 e. The summed E-state index contributed by atoms with van der Waals surface area (Å²) in [5.74, 6) is 0. The molecule has 58 heavy (non-hydrogen) atoms. The van der Waals surface area contributed by atoms with E-state index in [1.807, 2.05) is 0 Å². The van der Waals surface area contributed by atoms with Crippen LogP contribution in [-0.4, -0.2) is 8.97 Å². The van der Waals surface area contributed by atoms with Gasteiger partial charge in [0.15, 0.2) is 0 Å². The maximum atomic E-state index is 2.55. The van der Waals surface area contributed by atoms with Gasteiger partial charge in [-0.1, -0.05) is 140 Å². The van der Waals surface area contributed by atoms with Crippen molar-refractivity contribution in [3.05, 3.63) is 205 Å². The van der Waals surface area contributed by atoms with Crippen molar-refractivity contribution in [2.75, 3.05) is 4.90 Å². The molecular weight excluding hydrogens is 703 g/mol. The second-order valence-corrected chi connectivity index (χ2v) is 15.6. The van der Waals surface area contributed by atoms with Crippen molar-refractivity contribution < 1.29 is 0 Å². The van der Waals surface area contributed by atoms with Gasteiger partial charge in [0.2, 0.25) is 0 Å². The zero-order valence-corrected chi connectivity index (χ0v) is 31.6. The number of fused-ring (bicyclic) bond motifs is 15. The molecule has 3 heteroatoms. The summed E-state index contributed by atoms with van der Waals surface area (Å²) in [6.07, 6.45) is 7.73. The first kappa shape index (κ1) is 31.6. The van der Waals surface area contributed by atoms with Crippen LogP contribution < -0.4 is 10.1 Å². The Hall–Kier alpha value is -7.62. The van der Waals surface area contributed by atoms with Crippen LogP contribution in [0.5, 0.6) is 0 Å². The number of para-hydroxylation sites is 4. The third-order valence-corrected chi connectivity index (χ3v) is 12.6. The summed E-state index contributed by atoms with van der Waals surface area (Å²) in [6, 6.07) is 67.2. The molecule has 0 aliphatic heterocycles. The molecule has 0 saturated heterocycles. The summed E-state index contributed by atoms with van der Waals surface area (Å²) >= 11 is 0. The zero-order valence-electron chi connectivity index (χ0n) is 31.6. The van der Waals surface area contributed by atoms with Crippen molar-refractivity contribution in [2.24, 2.45) is 0 Å². The molecule has 3 heterocycles. The zero-order chi connectivity index (χ0) is 37.9. The van der Waals surface area contributed by atoms with E-state index in [0.717, 1.165) is 29.2 Å². The lowest BCUT2D eigenvalue weighted by Crippen LogP contribution is -2.11. The lowest BCUT2D eigenvalue weighted by Gasteiger charge is -2.27. The highest BCUT2D eigenvalue weighted by atomic mass is 15.2. The van der Waals surface area contributed by atoms with Crippen molar-refractivity contribution in [3.63, 3.8) is 0 Å². The van der Waals surface area contributed by atoms with Crippen molar-refractivity contribution in [1.82, 2.24) is 8.97 Å². The standard InChI is InChI=1S/C55H35N3/c1-2-15-35(16-3-1)57-50-26-12-11-22-44(50)49-34-37(30-32-52(49)57)56(36-29-31-42-40-19-5-4-17-38(40)39-18-6-7-20-41(39)48(42)33-36)53-28-14-25-47-46-24-9-8-23-45-43-21-10-13-27-51(43)58(54(45)46)55(47)53/h1-23,25-34H,24H2. The van der Waals surface area contributed by atoms with Gasteiger partial charge in [0.25, 0.3) is 0 Å². The molecule has 1 aliphatic carbocycles. The second kappa shape index (κ2) is 11.9. The fourth-order valence-corrected chi connectivity index (χ4v) is 10.3. The van der Waals surface area contributed by atoms with Gasteiger partial charge in [-0.3, -0.25) is 0 Å². The van der Waals surface area contributed by atoms with Gasteiger partial charge < -0.3 is 13.9 Å². The molecule has 0 spiro atoms. The van der Waals surface area contributed by atoms with E-state index in [2.05, 4.69) is 214 Å². The first-order valence-electron chi connectivity index (χ1n) is 20.2. The van der Waals surface area contributed by atoms with Crippen LogP contribution >= 0.6 is 0 Å². The molecule has 0 bridgehead atoms. The SMILES string of the molecule is C1=CCc2c3cccc(N(c4ccc5c6ccccc6c6ccccc6c5c4)c4ccc5c(c4)c4ccccc4n5-c4ccccc4)c3n3c2c(c2ccccc23)=C1. The van der Waals surface area contributed by atoms with Crippen molar-refractivity contribution in [1.29, 1.82) is 0 Å². The van der Waals surface area contributed by atoms with Gasteiger partial charge in [-0.05, 0) is 105 Å². The van der Waals surface area contributed by atoms with Crippen molar-refractivity contribution >= 4 is 105 Å². The van der Waals surface area contributed by atoms with Crippen LogP contribution in [0.3, 0.4) is 0 Å². The second-order valence-electron chi connectivity index (χ2n) is 15.6. The first-order chi connectivity index (χ1) is 28.8.